The van der Waals surface area contributed by atoms with Crippen molar-refractivity contribution in [3.05, 3.63) is 83.5 Å². The number of rotatable bonds is 6. The first kappa shape index (κ1) is 22.1. The second kappa shape index (κ2) is 10.1. The SMILES string of the molecule is O=C(NCc1cccc(Cl)c1)C1CCN(c2ncccc2-c2nc(-c3ccccc3)no2)CC1. The van der Waals surface area contributed by atoms with E-state index in [1.54, 1.807) is 6.20 Å². The number of aromatic nitrogens is 3. The highest BCUT2D eigenvalue weighted by Crippen LogP contribution is 2.32. The van der Waals surface area contributed by atoms with Crippen LogP contribution in [0.3, 0.4) is 0 Å². The number of amides is 1. The number of halogens is 1. The summed E-state index contributed by atoms with van der Waals surface area (Å²) in [6.45, 7) is 1.92. The van der Waals surface area contributed by atoms with Gasteiger partial charge in [-0.3, -0.25) is 4.79 Å². The van der Waals surface area contributed by atoms with Crippen molar-refractivity contribution in [3.63, 3.8) is 0 Å². The lowest BCUT2D eigenvalue weighted by atomic mass is 9.95. The van der Waals surface area contributed by atoms with Crippen LogP contribution < -0.4 is 10.2 Å². The lowest BCUT2D eigenvalue weighted by Gasteiger charge is -2.32. The number of carbonyl (C=O) groups excluding carboxylic acids is 1. The number of nitrogens with zero attached hydrogens (tertiary/aromatic N) is 4. The fraction of sp³-hybridized carbons (Fsp3) is 0.231. The molecule has 1 N–H and O–H groups in total. The van der Waals surface area contributed by atoms with Gasteiger partial charge in [-0.05, 0) is 42.7 Å². The molecular weight excluding hydrogens is 450 g/mol. The summed E-state index contributed by atoms with van der Waals surface area (Å²) in [5.74, 6) is 1.81. The number of anilines is 1. The number of carbonyl (C=O) groups is 1. The largest absolute Gasteiger partial charge is 0.356 e. The van der Waals surface area contributed by atoms with E-state index >= 15 is 0 Å². The van der Waals surface area contributed by atoms with Gasteiger partial charge < -0.3 is 14.7 Å². The third kappa shape index (κ3) is 4.94. The van der Waals surface area contributed by atoms with Gasteiger partial charge >= 0.3 is 0 Å². The first-order valence-corrected chi connectivity index (χ1v) is 11.7. The van der Waals surface area contributed by atoms with Crippen LogP contribution in [0.1, 0.15) is 18.4 Å². The lowest BCUT2D eigenvalue weighted by Crippen LogP contribution is -2.40. The van der Waals surface area contributed by atoms with Crippen LogP contribution in [0.4, 0.5) is 5.82 Å². The minimum atomic E-state index is -0.0318. The summed E-state index contributed by atoms with van der Waals surface area (Å²) in [4.78, 5) is 24.1. The van der Waals surface area contributed by atoms with Crippen molar-refractivity contribution < 1.29 is 9.32 Å². The predicted molar refractivity (Wildman–Crippen MR) is 131 cm³/mol. The zero-order valence-corrected chi connectivity index (χ0v) is 19.3. The van der Waals surface area contributed by atoms with Gasteiger partial charge in [0.25, 0.3) is 5.89 Å². The summed E-state index contributed by atoms with van der Waals surface area (Å²) in [5, 5.41) is 7.85. The van der Waals surface area contributed by atoms with Crippen molar-refractivity contribution >= 4 is 23.3 Å². The summed E-state index contributed by atoms with van der Waals surface area (Å²) >= 11 is 6.03. The zero-order chi connectivity index (χ0) is 23.3. The van der Waals surface area contributed by atoms with E-state index in [1.165, 1.54) is 0 Å². The molecule has 1 fully saturated rings. The van der Waals surface area contributed by atoms with Crippen LogP contribution in [0.15, 0.2) is 77.4 Å². The molecule has 1 saturated heterocycles. The highest BCUT2D eigenvalue weighted by atomic mass is 35.5. The van der Waals surface area contributed by atoms with Crippen LogP contribution in [-0.2, 0) is 11.3 Å². The minimum Gasteiger partial charge on any atom is -0.356 e. The van der Waals surface area contributed by atoms with Crippen molar-refractivity contribution in [2.24, 2.45) is 5.92 Å². The zero-order valence-electron chi connectivity index (χ0n) is 18.5. The fourth-order valence-corrected chi connectivity index (χ4v) is 4.40. The maximum atomic E-state index is 12.7. The Bertz CT molecular complexity index is 1270. The number of hydrogen-bond donors (Lipinski definition) is 1. The smallest absolute Gasteiger partial charge is 0.261 e. The number of benzene rings is 2. The van der Waals surface area contributed by atoms with Crippen LogP contribution >= 0.6 is 11.6 Å². The maximum absolute atomic E-state index is 12.7. The first-order valence-electron chi connectivity index (χ1n) is 11.3. The molecule has 8 heteroatoms. The summed E-state index contributed by atoms with van der Waals surface area (Å²) in [6, 6.07) is 21.1. The highest BCUT2D eigenvalue weighted by Gasteiger charge is 2.27. The molecule has 4 aromatic rings. The number of pyridine rings is 1. The molecule has 0 spiro atoms. The van der Waals surface area contributed by atoms with Gasteiger partial charge in [0.1, 0.15) is 5.82 Å². The van der Waals surface area contributed by atoms with E-state index in [0.29, 0.717) is 23.3 Å². The van der Waals surface area contributed by atoms with Crippen molar-refractivity contribution in [2.75, 3.05) is 18.0 Å². The molecular formula is C26H24ClN5O2. The number of nitrogens with one attached hydrogen (secondary N) is 1. The molecule has 2 aromatic heterocycles. The fourth-order valence-electron chi connectivity index (χ4n) is 4.19. The minimum absolute atomic E-state index is 0.0318. The summed E-state index contributed by atoms with van der Waals surface area (Å²) in [6.07, 6.45) is 3.25. The normalized spacial score (nSPS) is 14.2. The standard InChI is InChI=1S/C26H24ClN5O2/c27-21-9-4-6-18(16-21)17-29-25(33)20-11-14-32(15-12-20)24-22(10-5-13-28-24)26-30-23(31-34-26)19-7-2-1-3-8-19/h1-10,13,16,20H,11-12,14-15,17H2,(H,29,33). The van der Waals surface area contributed by atoms with E-state index < -0.39 is 0 Å². The second-order valence-corrected chi connectivity index (χ2v) is 8.71. The van der Waals surface area contributed by atoms with E-state index in [0.717, 1.165) is 48.4 Å². The maximum Gasteiger partial charge on any atom is 0.261 e. The quantitative estimate of drug-likeness (QED) is 0.425. The lowest BCUT2D eigenvalue weighted by molar-refractivity contribution is -0.125. The highest BCUT2D eigenvalue weighted by molar-refractivity contribution is 6.30. The van der Waals surface area contributed by atoms with Gasteiger partial charge in [-0.2, -0.15) is 4.98 Å². The van der Waals surface area contributed by atoms with Gasteiger partial charge in [-0.1, -0.05) is 59.2 Å². The molecule has 0 atom stereocenters. The first-order chi connectivity index (χ1) is 16.7. The summed E-state index contributed by atoms with van der Waals surface area (Å²) < 4.78 is 5.58. The van der Waals surface area contributed by atoms with Crippen molar-refractivity contribution in [2.45, 2.75) is 19.4 Å². The number of piperidine rings is 1. The third-order valence-corrected chi connectivity index (χ3v) is 6.23. The molecule has 3 heterocycles. The van der Waals surface area contributed by atoms with Crippen LogP contribution in [-0.4, -0.2) is 34.1 Å². The molecule has 0 aliphatic carbocycles. The molecule has 1 aliphatic rings. The Morgan fingerprint density at radius 1 is 1.06 bits per heavy atom. The Morgan fingerprint density at radius 2 is 1.88 bits per heavy atom. The monoisotopic (exact) mass is 473 g/mol. The van der Waals surface area contributed by atoms with E-state index in [9.17, 15) is 4.79 Å². The number of hydrogen-bond acceptors (Lipinski definition) is 6. The molecule has 1 amide bonds. The predicted octanol–water partition coefficient (Wildman–Crippen LogP) is 4.98. The van der Waals surface area contributed by atoms with E-state index in [-0.39, 0.29) is 11.8 Å². The summed E-state index contributed by atoms with van der Waals surface area (Å²) in [5.41, 5.74) is 2.68. The van der Waals surface area contributed by atoms with Crippen molar-refractivity contribution in [1.29, 1.82) is 0 Å². The van der Waals surface area contributed by atoms with Crippen LogP contribution in [0, 0.1) is 5.92 Å². The summed E-state index contributed by atoms with van der Waals surface area (Å²) in [7, 11) is 0. The molecule has 0 bridgehead atoms. The van der Waals surface area contributed by atoms with E-state index in [2.05, 4.69) is 25.3 Å². The molecule has 172 valence electrons. The van der Waals surface area contributed by atoms with Crippen LogP contribution in [0.2, 0.25) is 5.02 Å². The van der Waals surface area contributed by atoms with E-state index in [1.807, 2.05) is 66.7 Å². The average molecular weight is 474 g/mol. The van der Waals surface area contributed by atoms with E-state index in [4.69, 9.17) is 16.1 Å². The second-order valence-electron chi connectivity index (χ2n) is 8.27. The molecule has 2 aromatic carbocycles. The van der Waals surface area contributed by atoms with Gasteiger partial charge in [0.15, 0.2) is 0 Å². The van der Waals surface area contributed by atoms with Crippen molar-refractivity contribution in [1.82, 2.24) is 20.4 Å². The molecule has 0 saturated carbocycles. The average Bonchev–Trinajstić information content (AvgIpc) is 3.38. The van der Waals surface area contributed by atoms with Gasteiger partial charge in [0, 0.05) is 42.3 Å². The van der Waals surface area contributed by atoms with Crippen LogP contribution in [0.5, 0.6) is 0 Å². The molecule has 0 radical (unpaired) electrons. The molecule has 7 nitrogen and oxygen atoms in total. The van der Waals surface area contributed by atoms with Gasteiger partial charge in [-0.25, -0.2) is 4.98 Å². The Kier molecular flexibility index (Phi) is 6.53. The van der Waals surface area contributed by atoms with Gasteiger partial charge in [0.05, 0.1) is 5.56 Å². The topological polar surface area (TPSA) is 84.2 Å². The molecule has 1 aliphatic heterocycles. The molecule has 34 heavy (non-hydrogen) atoms. The van der Waals surface area contributed by atoms with Gasteiger partial charge in [-0.15, -0.1) is 0 Å². The molecule has 0 unspecified atom stereocenters. The van der Waals surface area contributed by atoms with Crippen LogP contribution in [0.25, 0.3) is 22.8 Å². The van der Waals surface area contributed by atoms with Crippen molar-refractivity contribution in [3.8, 4) is 22.8 Å². The Hall–Kier alpha value is -3.71. The van der Waals surface area contributed by atoms with Gasteiger partial charge in [0.2, 0.25) is 11.7 Å². The Morgan fingerprint density at radius 3 is 2.68 bits per heavy atom. The molecule has 5 rings (SSSR count). The Labute approximate surface area is 202 Å². The Balaban J connectivity index is 1.24. The third-order valence-electron chi connectivity index (χ3n) is 6.00.